The zero-order valence-electron chi connectivity index (χ0n) is 38.8. The van der Waals surface area contributed by atoms with Gasteiger partial charge in [0.25, 0.3) is 0 Å². The highest BCUT2D eigenvalue weighted by Crippen LogP contribution is 2.43. The lowest BCUT2D eigenvalue weighted by molar-refractivity contribution is -0.304. The summed E-state index contributed by atoms with van der Waals surface area (Å²) in [5.41, 5.74) is -4.42. The third-order valence-corrected chi connectivity index (χ3v) is 14.3. The molecule has 2 saturated heterocycles. The van der Waals surface area contributed by atoms with E-state index in [9.17, 15) is 29.7 Å². The van der Waals surface area contributed by atoms with Crippen molar-refractivity contribution in [2.75, 3.05) is 28.3 Å². The van der Waals surface area contributed by atoms with Crippen molar-refractivity contribution in [3.63, 3.8) is 0 Å². The molecule has 2 heterocycles. The van der Waals surface area contributed by atoms with E-state index in [1.54, 1.807) is 34.8 Å². The number of aliphatic hydroxyl groups is 3. The van der Waals surface area contributed by atoms with Crippen LogP contribution in [0.15, 0.2) is 0 Å². The first-order valence-corrected chi connectivity index (χ1v) is 22.5. The van der Waals surface area contributed by atoms with E-state index in [4.69, 9.17) is 33.2 Å². The van der Waals surface area contributed by atoms with Gasteiger partial charge in [-0.3, -0.25) is 9.59 Å². The fraction of sp³-hybridized carbons (Fsp3) is 0.933. The van der Waals surface area contributed by atoms with Crippen molar-refractivity contribution in [1.29, 1.82) is 0 Å². The minimum atomic E-state index is -1.72. The predicted octanol–water partition coefficient (Wildman–Crippen LogP) is 4.92. The topological polar surface area (TPSA) is 192 Å². The Hall–Kier alpha value is -1.95. The number of carbonyl (C=O) groups is 3. The Bertz CT molecular complexity index is 1410. The van der Waals surface area contributed by atoms with Gasteiger partial charge in [0.05, 0.1) is 42.0 Å². The van der Waals surface area contributed by atoms with E-state index in [1.807, 2.05) is 46.7 Å². The third-order valence-electron chi connectivity index (χ3n) is 14.3. The van der Waals surface area contributed by atoms with Crippen LogP contribution in [0.3, 0.4) is 0 Å². The second-order valence-electron chi connectivity index (χ2n) is 19.7. The fourth-order valence-electron chi connectivity index (χ4n) is 10.6. The number of carbonyl (C=O) groups excluding carboxylic acids is 3. The highest BCUT2D eigenvalue weighted by Gasteiger charge is 2.53. The van der Waals surface area contributed by atoms with E-state index in [0.29, 0.717) is 12.8 Å². The van der Waals surface area contributed by atoms with Crippen LogP contribution >= 0.6 is 0 Å². The third kappa shape index (κ3) is 12.0. The Morgan fingerprint density at radius 2 is 1.58 bits per heavy atom. The van der Waals surface area contributed by atoms with Crippen molar-refractivity contribution in [2.24, 2.45) is 23.7 Å². The number of esters is 1. The van der Waals surface area contributed by atoms with Gasteiger partial charge in [-0.15, -0.1) is 0 Å². The molecule has 4 rings (SSSR count). The number of ether oxygens (including phenoxy) is 7. The second-order valence-corrected chi connectivity index (χ2v) is 19.7. The molecule has 60 heavy (non-hydrogen) atoms. The number of cyclic esters (lactones) is 1. The van der Waals surface area contributed by atoms with Gasteiger partial charge in [-0.25, -0.2) is 4.79 Å². The van der Waals surface area contributed by atoms with Crippen LogP contribution in [0.1, 0.15) is 133 Å². The number of methoxy groups -OCH3 is 2. The number of hydrogen-bond acceptors (Lipinski definition) is 14. The van der Waals surface area contributed by atoms with Gasteiger partial charge in [0.15, 0.2) is 6.29 Å². The zero-order valence-corrected chi connectivity index (χ0v) is 38.8. The molecule has 0 spiro atoms. The van der Waals surface area contributed by atoms with E-state index in [0.717, 1.165) is 32.1 Å². The molecule has 17 atom stereocenters. The summed E-state index contributed by atoms with van der Waals surface area (Å²) in [6, 6.07) is -0.232. The molecule has 348 valence electrons. The fourth-order valence-corrected chi connectivity index (χ4v) is 10.6. The molecule has 0 bridgehead atoms. The zero-order chi connectivity index (χ0) is 44.9. The summed E-state index contributed by atoms with van der Waals surface area (Å²) in [6.07, 6.45) is -1.88. The Labute approximate surface area is 359 Å². The average molecular weight is 857 g/mol. The van der Waals surface area contributed by atoms with E-state index < -0.39 is 95.6 Å². The highest BCUT2D eigenvalue weighted by atomic mass is 16.7. The molecule has 4 N–H and O–H groups in total. The van der Waals surface area contributed by atoms with Crippen LogP contribution in [0.25, 0.3) is 0 Å². The number of rotatable bonds is 10. The van der Waals surface area contributed by atoms with Crippen LogP contribution in [0.2, 0.25) is 0 Å². The maximum atomic E-state index is 14.4. The molecule has 0 aromatic heterocycles. The molecule has 1 amide bonds. The van der Waals surface area contributed by atoms with E-state index in [1.165, 1.54) is 14.0 Å². The van der Waals surface area contributed by atoms with Gasteiger partial charge in [-0.1, -0.05) is 47.0 Å². The summed E-state index contributed by atoms with van der Waals surface area (Å²) in [4.78, 5) is 43.5. The largest absolute Gasteiger partial charge is 0.459 e. The first-order valence-electron chi connectivity index (χ1n) is 22.5. The average Bonchev–Trinajstić information content (AvgIpc) is 3.18. The Morgan fingerprint density at radius 3 is 2.15 bits per heavy atom. The number of nitrogens with zero attached hydrogens (tertiary/aromatic N) is 1. The van der Waals surface area contributed by atoms with Gasteiger partial charge in [0.2, 0.25) is 0 Å². The van der Waals surface area contributed by atoms with Crippen LogP contribution in [0, 0.1) is 23.7 Å². The molecule has 2 saturated carbocycles. The number of Topliss-reactive ketones (excluding diaryl/α,β-unsaturated/α-hetero) is 1. The lowest BCUT2D eigenvalue weighted by Crippen LogP contribution is -2.61. The van der Waals surface area contributed by atoms with Crippen LogP contribution in [0.5, 0.6) is 0 Å². The van der Waals surface area contributed by atoms with Crippen molar-refractivity contribution in [3.8, 4) is 0 Å². The van der Waals surface area contributed by atoms with E-state index >= 15 is 0 Å². The molecule has 2 aliphatic carbocycles. The molecular formula is C45H80N2O13. The quantitative estimate of drug-likeness (QED) is 0.217. The van der Waals surface area contributed by atoms with E-state index in [2.05, 4.69) is 5.32 Å². The summed E-state index contributed by atoms with van der Waals surface area (Å²) in [7, 11) is 6.75. The second kappa shape index (κ2) is 21.2. The van der Waals surface area contributed by atoms with Crippen LogP contribution < -0.4 is 5.32 Å². The molecule has 0 radical (unpaired) electrons. The van der Waals surface area contributed by atoms with Crippen molar-refractivity contribution in [1.82, 2.24) is 10.2 Å². The van der Waals surface area contributed by atoms with Crippen molar-refractivity contribution in [2.45, 2.75) is 217 Å². The molecule has 0 aromatic rings. The summed E-state index contributed by atoms with van der Waals surface area (Å²) in [5.74, 6) is -3.39. The maximum Gasteiger partial charge on any atom is 0.407 e. The lowest BCUT2D eigenvalue weighted by atomic mass is 9.74. The van der Waals surface area contributed by atoms with Crippen molar-refractivity contribution in [3.05, 3.63) is 0 Å². The van der Waals surface area contributed by atoms with Gasteiger partial charge in [-0.2, -0.15) is 0 Å². The van der Waals surface area contributed by atoms with Crippen LogP contribution in [-0.4, -0.2) is 150 Å². The molecule has 15 heteroatoms. The lowest BCUT2D eigenvalue weighted by Gasteiger charge is -2.49. The predicted molar refractivity (Wildman–Crippen MR) is 224 cm³/mol. The number of aliphatic hydroxyl groups excluding tert-OH is 1. The number of nitrogens with one attached hydrogen (secondary N) is 1. The molecule has 2 aliphatic heterocycles. The van der Waals surface area contributed by atoms with Gasteiger partial charge in [-0.05, 0) is 93.2 Å². The van der Waals surface area contributed by atoms with Crippen molar-refractivity contribution < 1.29 is 62.9 Å². The monoisotopic (exact) mass is 857 g/mol. The molecule has 0 unspecified atom stereocenters. The van der Waals surface area contributed by atoms with Gasteiger partial charge in [0, 0.05) is 51.0 Å². The minimum Gasteiger partial charge on any atom is -0.459 e. The summed E-state index contributed by atoms with van der Waals surface area (Å²) in [6.45, 7) is 16.0. The highest BCUT2D eigenvalue weighted by molar-refractivity contribution is 5.81. The normalized spacial score (nSPS) is 44.5. The molecule has 4 fully saturated rings. The Balaban J connectivity index is 1.76. The number of hydrogen-bond donors (Lipinski definition) is 4. The smallest absolute Gasteiger partial charge is 0.407 e. The van der Waals surface area contributed by atoms with Crippen molar-refractivity contribution >= 4 is 17.8 Å². The number of ketones is 1. The van der Waals surface area contributed by atoms with Gasteiger partial charge in [0.1, 0.15) is 35.3 Å². The summed E-state index contributed by atoms with van der Waals surface area (Å²) < 4.78 is 44.4. The summed E-state index contributed by atoms with van der Waals surface area (Å²) >= 11 is 0. The number of likely N-dealkylation sites (N-methyl/N-ethyl adjacent to an activating group) is 1. The molecule has 0 aromatic carbocycles. The Kier molecular flexibility index (Phi) is 17.9. The van der Waals surface area contributed by atoms with Crippen LogP contribution in [-0.2, 0) is 42.7 Å². The molecular weight excluding hydrogens is 776 g/mol. The first-order chi connectivity index (χ1) is 28.0. The van der Waals surface area contributed by atoms with E-state index in [-0.39, 0.29) is 55.6 Å². The molecule has 15 nitrogen and oxygen atoms in total. The standard InChI is InChI=1S/C45H80N2O13/c1-14-34-45(9,53)35(54-12)22-33(48)26(3)23-44(8,55-13)39(59-41-36(49)32(47(10)11)21-27(4)56-41)28(5)37(29(6)40(50)58-34)57-31-20-25(2)38(43(7,52)24-31)60-42(51)46-30-18-16-15-17-19-30/h25-32,34-39,41,49,52-53H,14-24H2,1-13H3,(H,46,51)/t25-,26-,27-,28+,29-,31-,32+,34-,35-,36-,37+,38+,39-,41+,43-,44+,45-/m1/s1. The molecule has 4 aliphatic rings. The first kappa shape index (κ1) is 50.7. The number of alkyl carbamates (subject to hydrolysis) is 1. The Morgan fingerprint density at radius 1 is 0.933 bits per heavy atom. The van der Waals surface area contributed by atoms with Gasteiger partial charge < -0.3 is 58.7 Å². The summed E-state index contributed by atoms with van der Waals surface area (Å²) in [5, 5.41) is 38.5. The minimum absolute atomic E-state index is 0.0474. The van der Waals surface area contributed by atoms with Crippen LogP contribution in [0.4, 0.5) is 4.79 Å². The number of amides is 1. The van der Waals surface area contributed by atoms with Gasteiger partial charge >= 0.3 is 12.1 Å². The SMILES string of the molecule is CC[C@H]1OC(=O)[C@H](C)[C@@H](O[C@@H]2C[C@@H](C)[C@H](OC(=O)NC3CCCCC3)[C@](C)(O)C2)[C@H](C)[C@@H](O[C@@H]2O[C@H](C)C[C@H](N(C)C)[C@H]2O)[C@@](C)(OC)C[C@@H](C)C(=O)C[C@@H](OC)[C@]1(C)O. The maximum absolute atomic E-state index is 14.4.